The molecule has 0 saturated heterocycles. The Labute approximate surface area is 145 Å². The Morgan fingerprint density at radius 1 is 0.958 bits per heavy atom. The lowest BCUT2D eigenvalue weighted by molar-refractivity contribution is 0.465. The van der Waals surface area contributed by atoms with Crippen LogP contribution in [0.1, 0.15) is 44.6 Å². The van der Waals surface area contributed by atoms with E-state index in [9.17, 15) is 0 Å². The van der Waals surface area contributed by atoms with Gasteiger partial charge in [0.25, 0.3) is 0 Å². The number of hydrogen-bond donors (Lipinski definition) is 0. The third-order valence-corrected chi connectivity index (χ3v) is 4.45. The topological polar surface area (TPSA) is 15.6 Å². The number of aliphatic imine (C=N–C) groups is 1. The molecule has 0 amide bonds. The van der Waals surface area contributed by atoms with Crippen molar-refractivity contribution in [2.45, 2.75) is 39.0 Å². The lowest BCUT2D eigenvalue weighted by atomic mass is 10.1. The van der Waals surface area contributed by atoms with Crippen LogP contribution in [0.3, 0.4) is 0 Å². The Kier molecular flexibility index (Phi) is 5.84. The molecule has 0 unspecified atom stereocenters. The molecule has 0 atom stereocenters. The molecule has 2 nitrogen and oxygen atoms in total. The van der Waals surface area contributed by atoms with Crippen molar-refractivity contribution in [3.05, 3.63) is 72.1 Å². The third-order valence-electron chi connectivity index (χ3n) is 4.45. The normalized spacial score (nSPS) is 17.0. The molecule has 0 aromatic heterocycles. The zero-order valence-corrected chi connectivity index (χ0v) is 14.5. The summed E-state index contributed by atoms with van der Waals surface area (Å²) in [6.07, 6.45) is 21.6. The largest absolute Gasteiger partial charge is 0.354 e. The molecule has 2 heterocycles. The molecule has 1 aromatic rings. The molecule has 1 aromatic carbocycles. The maximum atomic E-state index is 4.44. The highest BCUT2D eigenvalue weighted by molar-refractivity contribution is 6.16. The summed E-state index contributed by atoms with van der Waals surface area (Å²) in [6, 6.07) is 8.27. The van der Waals surface area contributed by atoms with Gasteiger partial charge in [0.15, 0.2) is 0 Å². The summed E-state index contributed by atoms with van der Waals surface area (Å²) in [5, 5.41) is 0. The number of fused-ring (bicyclic) bond motifs is 1. The van der Waals surface area contributed by atoms with E-state index in [4.69, 9.17) is 0 Å². The number of rotatable bonds is 7. The zero-order valence-electron chi connectivity index (χ0n) is 14.5. The van der Waals surface area contributed by atoms with Gasteiger partial charge in [-0.15, -0.1) is 0 Å². The standard InChI is InChI=1S/C22H26N2/c1-2-3-4-5-8-15-24-16-13-19(14-17-24)11-12-20-18-23-22-10-7-6-9-21(20)22/h6-7,9-14,16-18H,2-5,8,15H2,1H3/b20-12+. The molecule has 0 radical (unpaired) electrons. The summed E-state index contributed by atoms with van der Waals surface area (Å²) in [4.78, 5) is 6.73. The van der Waals surface area contributed by atoms with Gasteiger partial charge in [-0.25, -0.2) is 0 Å². The van der Waals surface area contributed by atoms with Gasteiger partial charge in [0.2, 0.25) is 0 Å². The molecule has 0 N–H and O–H groups in total. The second-order valence-corrected chi connectivity index (χ2v) is 6.35. The summed E-state index contributed by atoms with van der Waals surface area (Å²) >= 11 is 0. The van der Waals surface area contributed by atoms with E-state index in [2.05, 4.69) is 71.7 Å². The van der Waals surface area contributed by atoms with Crippen molar-refractivity contribution in [1.82, 2.24) is 4.90 Å². The Balaban J connectivity index is 1.52. The Bertz CT molecular complexity index is 688. The summed E-state index contributed by atoms with van der Waals surface area (Å²) in [6.45, 7) is 3.38. The van der Waals surface area contributed by atoms with E-state index in [0.29, 0.717) is 0 Å². The van der Waals surface area contributed by atoms with E-state index < -0.39 is 0 Å². The maximum absolute atomic E-state index is 4.44. The van der Waals surface area contributed by atoms with E-state index >= 15 is 0 Å². The van der Waals surface area contributed by atoms with Crippen LogP contribution in [0.5, 0.6) is 0 Å². The van der Waals surface area contributed by atoms with Crippen LogP contribution in [0, 0.1) is 0 Å². The first kappa shape index (κ1) is 16.5. The fourth-order valence-corrected chi connectivity index (χ4v) is 2.98. The van der Waals surface area contributed by atoms with Gasteiger partial charge < -0.3 is 4.90 Å². The Hall–Kier alpha value is -2.35. The van der Waals surface area contributed by atoms with Crippen LogP contribution in [0.25, 0.3) is 5.57 Å². The number of hydrogen-bond acceptors (Lipinski definition) is 2. The lowest BCUT2D eigenvalue weighted by Crippen LogP contribution is -2.13. The highest BCUT2D eigenvalue weighted by atomic mass is 15.1. The molecule has 0 bridgehead atoms. The zero-order chi connectivity index (χ0) is 16.6. The van der Waals surface area contributed by atoms with Gasteiger partial charge in [-0.1, -0.05) is 63.0 Å². The Morgan fingerprint density at radius 2 is 1.75 bits per heavy atom. The van der Waals surface area contributed by atoms with Gasteiger partial charge >= 0.3 is 0 Å². The summed E-state index contributed by atoms with van der Waals surface area (Å²) in [5.41, 5.74) is 4.68. The van der Waals surface area contributed by atoms with Crippen molar-refractivity contribution in [3.63, 3.8) is 0 Å². The van der Waals surface area contributed by atoms with E-state index in [1.807, 2.05) is 12.3 Å². The van der Waals surface area contributed by atoms with Gasteiger partial charge in [-0.05, 0) is 30.2 Å². The summed E-state index contributed by atoms with van der Waals surface area (Å²) in [5.74, 6) is 0. The van der Waals surface area contributed by atoms with Gasteiger partial charge in [-0.3, -0.25) is 4.99 Å². The molecule has 2 aliphatic rings. The minimum absolute atomic E-state index is 1.06. The van der Waals surface area contributed by atoms with Crippen molar-refractivity contribution in [2.24, 2.45) is 4.99 Å². The van der Waals surface area contributed by atoms with Crippen molar-refractivity contribution in [2.75, 3.05) is 6.54 Å². The number of nitrogens with zero attached hydrogens (tertiary/aromatic N) is 2. The number of unbranched alkanes of at least 4 members (excludes halogenated alkanes) is 4. The minimum atomic E-state index is 1.06. The lowest BCUT2D eigenvalue weighted by Gasteiger charge is -2.18. The molecule has 24 heavy (non-hydrogen) atoms. The highest BCUT2D eigenvalue weighted by Gasteiger charge is 2.09. The number of para-hydroxylation sites is 1. The van der Waals surface area contributed by atoms with Crippen molar-refractivity contribution >= 4 is 17.5 Å². The monoisotopic (exact) mass is 318 g/mol. The average molecular weight is 318 g/mol. The van der Waals surface area contributed by atoms with Gasteiger partial charge in [0.1, 0.15) is 0 Å². The van der Waals surface area contributed by atoms with Crippen LogP contribution in [-0.4, -0.2) is 17.7 Å². The van der Waals surface area contributed by atoms with Crippen molar-refractivity contribution in [1.29, 1.82) is 0 Å². The highest BCUT2D eigenvalue weighted by Crippen LogP contribution is 2.30. The van der Waals surface area contributed by atoms with Gasteiger partial charge in [0, 0.05) is 36.3 Å². The number of allylic oxidation sites excluding steroid dienone is 6. The predicted octanol–water partition coefficient (Wildman–Crippen LogP) is 6.03. The van der Waals surface area contributed by atoms with Crippen LogP contribution < -0.4 is 0 Å². The summed E-state index contributed by atoms with van der Waals surface area (Å²) < 4.78 is 0. The molecule has 0 saturated carbocycles. The van der Waals surface area contributed by atoms with E-state index in [0.717, 1.165) is 12.2 Å². The minimum Gasteiger partial charge on any atom is -0.354 e. The van der Waals surface area contributed by atoms with Crippen LogP contribution in [0.4, 0.5) is 5.69 Å². The van der Waals surface area contributed by atoms with Crippen molar-refractivity contribution < 1.29 is 0 Å². The van der Waals surface area contributed by atoms with E-state index in [1.165, 1.54) is 48.8 Å². The molecule has 0 spiro atoms. The fraction of sp³-hybridized carbons (Fsp3) is 0.318. The SMILES string of the molecule is CCCCCCCN1C=CC(=C/C=C2\C=Nc3ccccc32)C=C1. The van der Waals surface area contributed by atoms with Crippen LogP contribution >= 0.6 is 0 Å². The second kappa shape index (κ2) is 8.49. The van der Waals surface area contributed by atoms with Crippen LogP contribution in [0.15, 0.2) is 71.5 Å². The third kappa shape index (κ3) is 4.35. The smallest absolute Gasteiger partial charge is 0.0708 e. The molecule has 0 aliphatic carbocycles. The van der Waals surface area contributed by atoms with Gasteiger partial charge in [-0.2, -0.15) is 0 Å². The first-order valence-electron chi connectivity index (χ1n) is 9.04. The van der Waals surface area contributed by atoms with Crippen LogP contribution in [0.2, 0.25) is 0 Å². The molecule has 2 heteroatoms. The predicted molar refractivity (Wildman–Crippen MR) is 104 cm³/mol. The molecule has 3 rings (SSSR count). The molecule has 0 fully saturated rings. The fourth-order valence-electron chi connectivity index (χ4n) is 2.98. The molecular formula is C22H26N2. The molecule has 124 valence electrons. The number of benzene rings is 1. The van der Waals surface area contributed by atoms with E-state index in [1.54, 1.807) is 0 Å². The molecular weight excluding hydrogens is 292 g/mol. The van der Waals surface area contributed by atoms with Crippen molar-refractivity contribution in [3.8, 4) is 0 Å². The first-order chi connectivity index (χ1) is 11.9. The second-order valence-electron chi connectivity index (χ2n) is 6.35. The molecule has 2 aliphatic heterocycles. The average Bonchev–Trinajstić information content (AvgIpc) is 3.04. The Morgan fingerprint density at radius 3 is 2.58 bits per heavy atom. The van der Waals surface area contributed by atoms with E-state index in [-0.39, 0.29) is 0 Å². The van der Waals surface area contributed by atoms with Gasteiger partial charge in [0.05, 0.1) is 5.69 Å². The quantitative estimate of drug-likeness (QED) is 0.561. The maximum Gasteiger partial charge on any atom is 0.0708 e. The summed E-state index contributed by atoms with van der Waals surface area (Å²) in [7, 11) is 0. The van der Waals surface area contributed by atoms with Crippen LogP contribution in [-0.2, 0) is 0 Å². The first-order valence-corrected chi connectivity index (χ1v) is 9.04.